The van der Waals surface area contributed by atoms with Crippen molar-refractivity contribution in [1.29, 1.82) is 0 Å². The number of sulfonamides is 1. The van der Waals surface area contributed by atoms with Gasteiger partial charge in [0, 0.05) is 37.4 Å². The van der Waals surface area contributed by atoms with Gasteiger partial charge in [0.15, 0.2) is 0 Å². The zero-order valence-electron chi connectivity index (χ0n) is 15.7. The quantitative estimate of drug-likeness (QED) is 0.750. The molecule has 148 valence electrons. The summed E-state index contributed by atoms with van der Waals surface area (Å²) >= 11 is 0. The summed E-state index contributed by atoms with van der Waals surface area (Å²) in [4.78, 5) is 24.8. The standard InChI is InChI=1S/C20H23N3O4S/c1-2-16-3-7-18(8-4-16)21-20(25)17-5-9-19(10-6-17)28(26,27)23-13-11-22(15-24)12-14-23/h3-10,15H,2,11-14H2,1H3,(H,21,25). The van der Waals surface area contributed by atoms with Crippen molar-refractivity contribution in [2.24, 2.45) is 0 Å². The summed E-state index contributed by atoms with van der Waals surface area (Å²) in [7, 11) is -3.64. The topological polar surface area (TPSA) is 86.8 Å². The van der Waals surface area contributed by atoms with Crippen molar-refractivity contribution in [3.05, 3.63) is 59.7 Å². The van der Waals surface area contributed by atoms with E-state index in [0.29, 0.717) is 24.3 Å². The average Bonchev–Trinajstić information content (AvgIpc) is 2.74. The molecular weight excluding hydrogens is 378 g/mol. The van der Waals surface area contributed by atoms with Crippen LogP contribution in [0.5, 0.6) is 0 Å². The summed E-state index contributed by atoms with van der Waals surface area (Å²) in [5.74, 6) is -0.298. The molecular formula is C20H23N3O4S. The minimum absolute atomic E-state index is 0.135. The molecule has 2 aromatic carbocycles. The van der Waals surface area contributed by atoms with Crippen molar-refractivity contribution in [3.63, 3.8) is 0 Å². The lowest BCUT2D eigenvalue weighted by molar-refractivity contribution is -0.119. The fraction of sp³-hybridized carbons (Fsp3) is 0.300. The zero-order chi connectivity index (χ0) is 20.1. The molecule has 2 amide bonds. The number of hydrogen-bond acceptors (Lipinski definition) is 4. The SMILES string of the molecule is CCc1ccc(NC(=O)c2ccc(S(=O)(=O)N3CCN(C=O)CC3)cc2)cc1. The predicted molar refractivity (Wildman–Crippen MR) is 107 cm³/mol. The molecule has 1 fully saturated rings. The van der Waals surface area contributed by atoms with E-state index in [-0.39, 0.29) is 23.9 Å². The normalized spacial score (nSPS) is 15.2. The largest absolute Gasteiger partial charge is 0.343 e. The molecule has 28 heavy (non-hydrogen) atoms. The Balaban J connectivity index is 1.68. The van der Waals surface area contributed by atoms with Gasteiger partial charge < -0.3 is 10.2 Å². The van der Waals surface area contributed by atoms with Crippen LogP contribution in [0.15, 0.2) is 53.4 Å². The zero-order valence-corrected chi connectivity index (χ0v) is 16.5. The van der Waals surface area contributed by atoms with Gasteiger partial charge in [0.1, 0.15) is 0 Å². The minimum atomic E-state index is -3.64. The molecule has 0 saturated carbocycles. The second kappa shape index (κ2) is 8.53. The Labute approximate surface area is 165 Å². The van der Waals surface area contributed by atoms with Gasteiger partial charge >= 0.3 is 0 Å². The van der Waals surface area contributed by atoms with E-state index in [4.69, 9.17) is 0 Å². The van der Waals surface area contributed by atoms with E-state index in [0.717, 1.165) is 12.8 Å². The number of anilines is 1. The fourth-order valence-corrected chi connectivity index (χ4v) is 4.43. The van der Waals surface area contributed by atoms with Gasteiger partial charge in [-0.1, -0.05) is 19.1 Å². The van der Waals surface area contributed by atoms with Gasteiger partial charge in [0.25, 0.3) is 5.91 Å². The number of carbonyl (C=O) groups excluding carboxylic acids is 2. The Bertz CT molecular complexity index is 932. The van der Waals surface area contributed by atoms with E-state index in [9.17, 15) is 18.0 Å². The van der Waals surface area contributed by atoms with E-state index in [1.54, 1.807) is 4.90 Å². The minimum Gasteiger partial charge on any atom is -0.343 e. The van der Waals surface area contributed by atoms with Gasteiger partial charge in [0.05, 0.1) is 4.90 Å². The fourth-order valence-electron chi connectivity index (χ4n) is 3.00. The van der Waals surface area contributed by atoms with Crippen LogP contribution in [0, 0.1) is 0 Å². The molecule has 7 nitrogen and oxygen atoms in total. The van der Waals surface area contributed by atoms with Crippen LogP contribution in [-0.2, 0) is 21.2 Å². The van der Waals surface area contributed by atoms with Gasteiger partial charge in [-0.3, -0.25) is 9.59 Å². The van der Waals surface area contributed by atoms with Gasteiger partial charge in [-0.25, -0.2) is 8.42 Å². The highest BCUT2D eigenvalue weighted by Crippen LogP contribution is 2.19. The average molecular weight is 401 g/mol. The van der Waals surface area contributed by atoms with Gasteiger partial charge in [-0.15, -0.1) is 0 Å². The summed E-state index contributed by atoms with van der Waals surface area (Å²) in [5.41, 5.74) is 2.25. The number of piperazine rings is 1. The summed E-state index contributed by atoms with van der Waals surface area (Å²) < 4.78 is 26.8. The monoisotopic (exact) mass is 401 g/mol. The maximum atomic E-state index is 12.7. The highest BCUT2D eigenvalue weighted by atomic mass is 32.2. The third-order valence-corrected chi connectivity index (χ3v) is 6.71. The van der Waals surface area contributed by atoms with E-state index < -0.39 is 10.0 Å². The van der Waals surface area contributed by atoms with Crippen LogP contribution in [0.4, 0.5) is 5.69 Å². The molecule has 8 heteroatoms. The Kier molecular flexibility index (Phi) is 6.11. The first kappa shape index (κ1) is 20.0. The molecule has 0 unspecified atom stereocenters. The van der Waals surface area contributed by atoms with Crippen LogP contribution in [0.25, 0.3) is 0 Å². The lowest BCUT2D eigenvalue weighted by Crippen LogP contribution is -2.47. The third-order valence-electron chi connectivity index (χ3n) is 4.80. The van der Waals surface area contributed by atoms with Crippen LogP contribution >= 0.6 is 0 Å². The van der Waals surface area contributed by atoms with E-state index >= 15 is 0 Å². The summed E-state index contributed by atoms with van der Waals surface area (Å²) in [6.45, 7) is 3.33. The molecule has 1 heterocycles. The highest BCUT2D eigenvalue weighted by molar-refractivity contribution is 7.89. The third kappa shape index (κ3) is 4.40. The van der Waals surface area contributed by atoms with Crippen molar-refractivity contribution >= 4 is 28.0 Å². The molecule has 0 spiro atoms. The first-order chi connectivity index (χ1) is 13.4. The number of carbonyl (C=O) groups is 2. The lowest BCUT2D eigenvalue weighted by Gasteiger charge is -2.31. The van der Waals surface area contributed by atoms with Gasteiger partial charge in [0.2, 0.25) is 16.4 Å². The number of hydrogen-bond donors (Lipinski definition) is 1. The maximum Gasteiger partial charge on any atom is 0.255 e. The molecule has 1 saturated heterocycles. The number of amides is 2. The Hall–Kier alpha value is -2.71. The van der Waals surface area contributed by atoms with E-state index in [1.807, 2.05) is 24.3 Å². The number of nitrogens with zero attached hydrogens (tertiary/aromatic N) is 2. The highest BCUT2D eigenvalue weighted by Gasteiger charge is 2.28. The van der Waals surface area contributed by atoms with Gasteiger partial charge in [-0.05, 0) is 48.4 Å². The number of rotatable bonds is 6. The lowest BCUT2D eigenvalue weighted by atomic mass is 10.1. The van der Waals surface area contributed by atoms with Crippen LogP contribution in [0.2, 0.25) is 0 Å². The molecule has 0 bridgehead atoms. The summed E-state index contributed by atoms with van der Waals surface area (Å²) in [5, 5.41) is 2.81. The van der Waals surface area contributed by atoms with E-state index in [2.05, 4.69) is 12.2 Å². The van der Waals surface area contributed by atoms with Crippen LogP contribution in [0.1, 0.15) is 22.8 Å². The summed E-state index contributed by atoms with van der Waals surface area (Å²) in [6, 6.07) is 13.5. The Morgan fingerprint density at radius 1 is 1.00 bits per heavy atom. The number of benzene rings is 2. The first-order valence-corrected chi connectivity index (χ1v) is 10.6. The molecule has 1 N–H and O–H groups in total. The predicted octanol–water partition coefficient (Wildman–Crippen LogP) is 1.96. The molecule has 0 aromatic heterocycles. The second-order valence-electron chi connectivity index (χ2n) is 6.57. The second-order valence-corrected chi connectivity index (χ2v) is 8.51. The molecule has 0 atom stereocenters. The van der Waals surface area contributed by atoms with Crippen molar-refractivity contribution < 1.29 is 18.0 Å². The molecule has 1 aliphatic rings. The molecule has 1 aliphatic heterocycles. The number of aryl methyl sites for hydroxylation is 1. The van der Waals surface area contributed by atoms with Gasteiger partial charge in [-0.2, -0.15) is 4.31 Å². The van der Waals surface area contributed by atoms with Crippen LogP contribution in [0.3, 0.4) is 0 Å². The van der Waals surface area contributed by atoms with Crippen LogP contribution < -0.4 is 5.32 Å². The molecule has 0 aliphatic carbocycles. The Morgan fingerprint density at radius 2 is 1.61 bits per heavy atom. The van der Waals surface area contributed by atoms with Crippen molar-refractivity contribution in [2.75, 3.05) is 31.5 Å². The van der Waals surface area contributed by atoms with Crippen LogP contribution in [-0.4, -0.2) is 56.1 Å². The van der Waals surface area contributed by atoms with E-state index in [1.165, 1.54) is 34.1 Å². The van der Waals surface area contributed by atoms with Crippen molar-refractivity contribution in [1.82, 2.24) is 9.21 Å². The molecule has 2 aromatic rings. The smallest absolute Gasteiger partial charge is 0.255 e. The van der Waals surface area contributed by atoms with Crippen molar-refractivity contribution in [2.45, 2.75) is 18.2 Å². The molecule has 3 rings (SSSR count). The first-order valence-electron chi connectivity index (χ1n) is 9.14. The Morgan fingerprint density at radius 3 is 2.14 bits per heavy atom. The molecule has 0 radical (unpaired) electrons. The maximum absolute atomic E-state index is 12.7. The van der Waals surface area contributed by atoms with Crippen molar-refractivity contribution in [3.8, 4) is 0 Å². The summed E-state index contributed by atoms with van der Waals surface area (Å²) in [6.07, 6.45) is 1.65. The number of nitrogens with one attached hydrogen (secondary N) is 1.